The highest BCUT2D eigenvalue weighted by Crippen LogP contribution is 2.30. The molecule has 2 unspecified atom stereocenters. The molecule has 1 rings (SSSR count). The molecule has 37 heavy (non-hydrogen) atoms. The van der Waals surface area contributed by atoms with Gasteiger partial charge in [-0.15, -0.1) is 0 Å². The average Bonchev–Trinajstić information content (AvgIpc) is 2.84. The third kappa shape index (κ3) is 12.4. The second kappa shape index (κ2) is 16.4. The molecule has 1 aromatic rings. The van der Waals surface area contributed by atoms with Crippen LogP contribution in [0.1, 0.15) is 72.8 Å². The van der Waals surface area contributed by atoms with Crippen molar-refractivity contribution in [2.24, 2.45) is 5.73 Å². The Kier molecular flexibility index (Phi) is 14.1. The zero-order chi connectivity index (χ0) is 28.0. The van der Waals surface area contributed by atoms with Gasteiger partial charge in [-0.2, -0.15) is 0 Å². The number of nitrogens with two attached hydrogens (primary N) is 1. The number of carbonyl (C=O) groups excluding carboxylic acids is 4. The van der Waals surface area contributed by atoms with Crippen LogP contribution < -0.4 is 15.2 Å². The van der Waals surface area contributed by atoms with Crippen LogP contribution in [-0.2, 0) is 35.0 Å². The van der Waals surface area contributed by atoms with E-state index >= 15 is 0 Å². The lowest BCUT2D eigenvalue weighted by Crippen LogP contribution is -2.37. The maximum Gasteiger partial charge on any atom is 0.514 e. The number of benzene rings is 1. The minimum absolute atomic E-state index is 0.0234. The molecule has 0 fully saturated rings. The summed E-state index contributed by atoms with van der Waals surface area (Å²) in [5.41, 5.74) is 6.51. The van der Waals surface area contributed by atoms with Crippen LogP contribution in [0.25, 0.3) is 0 Å². The minimum Gasteiger partial charge on any atom is -0.462 e. The van der Waals surface area contributed by atoms with Gasteiger partial charge in [-0.25, -0.2) is 9.59 Å². The summed E-state index contributed by atoms with van der Waals surface area (Å²) < 4.78 is 31.0. The van der Waals surface area contributed by atoms with Gasteiger partial charge in [0, 0.05) is 6.42 Å². The Labute approximate surface area is 217 Å². The molecular formula is C26H39NO10. The van der Waals surface area contributed by atoms with E-state index in [4.69, 9.17) is 34.2 Å². The summed E-state index contributed by atoms with van der Waals surface area (Å²) in [7, 11) is 0. The Morgan fingerprint density at radius 1 is 0.811 bits per heavy atom. The van der Waals surface area contributed by atoms with E-state index in [9.17, 15) is 19.2 Å². The minimum atomic E-state index is -1.06. The maximum atomic E-state index is 12.4. The first-order chi connectivity index (χ1) is 17.5. The molecule has 11 heteroatoms. The van der Waals surface area contributed by atoms with Crippen molar-refractivity contribution in [3.63, 3.8) is 0 Å². The second-order valence-electron chi connectivity index (χ2n) is 8.65. The molecule has 0 amide bonds. The fraction of sp³-hybridized carbons (Fsp3) is 0.615. The van der Waals surface area contributed by atoms with Crippen molar-refractivity contribution in [2.75, 3.05) is 6.61 Å². The molecule has 0 radical (unpaired) electrons. The normalized spacial score (nSPS) is 13.9. The number of esters is 2. The van der Waals surface area contributed by atoms with E-state index < -0.39 is 30.4 Å². The van der Waals surface area contributed by atoms with Gasteiger partial charge in [0.05, 0.1) is 0 Å². The van der Waals surface area contributed by atoms with Gasteiger partial charge in [-0.3, -0.25) is 9.59 Å². The largest absolute Gasteiger partial charge is 0.514 e. The van der Waals surface area contributed by atoms with Crippen LogP contribution in [-0.4, -0.2) is 55.2 Å². The van der Waals surface area contributed by atoms with Crippen LogP contribution in [0.3, 0.4) is 0 Å². The fourth-order valence-electron chi connectivity index (χ4n) is 2.71. The highest BCUT2D eigenvalue weighted by Gasteiger charge is 2.22. The number of rotatable bonds is 14. The molecule has 0 aliphatic heterocycles. The molecular weight excluding hydrogens is 486 g/mol. The average molecular weight is 526 g/mol. The Hall–Kier alpha value is -3.34. The van der Waals surface area contributed by atoms with Crippen molar-refractivity contribution in [3.8, 4) is 11.5 Å². The molecule has 0 aliphatic carbocycles. The van der Waals surface area contributed by atoms with Gasteiger partial charge < -0.3 is 34.2 Å². The van der Waals surface area contributed by atoms with Gasteiger partial charge in [0.15, 0.2) is 11.5 Å². The fourth-order valence-corrected chi connectivity index (χ4v) is 2.71. The smallest absolute Gasteiger partial charge is 0.462 e. The zero-order valence-corrected chi connectivity index (χ0v) is 22.4. The van der Waals surface area contributed by atoms with E-state index in [0.717, 1.165) is 0 Å². The maximum absolute atomic E-state index is 12.4. The molecule has 1 aromatic carbocycles. The van der Waals surface area contributed by atoms with E-state index in [2.05, 4.69) is 0 Å². The predicted octanol–water partition coefficient (Wildman–Crippen LogP) is 4.46. The van der Waals surface area contributed by atoms with Gasteiger partial charge in [-0.1, -0.05) is 26.8 Å². The monoisotopic (exact) mass is 525 g/mol. The summed E-state index contributed by atoms with van der Waals surface area (Å²) in [5, 5.41) is 0. The topological polar surface area (TPSA) is 150 Å². The van der Waals surface area contributed by atoms with E-state index in [1.165, 1.54) is 12.1 Å². The van der Waals surface area contributed by atoms with Gasteiger partial charge in [-0.05, 0) is 64.2 Å². The van der Waals surface area contributed by atoms with Crippen LogP contribution in [0.2, 0.25) is 0 Å². The lowest BCUT2D eigenvalue weighted by Gasteiger charge is -2.18. The summed E-state index contributed by atoms with van der Waals surface area (Å²) >= 11 is 0. The van der Waals surface area contributed by atoms with Crippen LogP contribution in [0.4, 0.5) is 9.59 Å². The standard InChI is InChI=1S/C26H39NO10/c1-7-10-23(28)32-15-18(6)33-24(29)20(27)13-19-11-12-21(36-25(30)34-16(4)8-2)22(14-19)37-26(31)35-17(5)9-3/h11-12,14,16-18,20H,7-10,13,15,27H2,1-6H3/t16?,17?,18-,20-/m0/s1. The first kappa shape index (κ1) is 31.7. The highest BCUT2D eigenvalue weighted by atomic mass is 16.7. The van der Waals surface area contributed by atoms with Crippen molar-refractivity contribution >= 4 is 24.2 Å². The molecule has 0 saturated carbocycles. The molecule has 0 saturated heterocycles. The molecule has 0 bridgehead atoms. The van der Waals surface area contributed by atoms with E-state index in [0.29, 0.717) is 24.8 Å². The van der Waals surface area contributed by atoms with Crippen molar-refractivity contribution in [1.82, 2.24) is 0 Å². The molecule has 2 N–H and O–H groups in total. The molecule has 0 aromatic heterocycles. The second-order valence-corrected chi connectivity index (χ2v) is 8.65. The summed E-state index contributed by atoms with van der Waals surface area (Å²) in [5.74, 6) is -1.25. The molecule has 4 atom stereocenters. The lowest BCUT2D eigenvalue weighted by atomic mass is 10.1. The van der Waals surface area contributed by atoms with E-state index in [1.807, 2.05) is 20.8 Å². The van der Waals surface area contributed by atoms with Crippen molar-refractivity contribution in [2.45, 2.75) is 98.0 Å². The van der Waals surface area contributed by atoms with Gasteiger partial charge in [0.1, 0.15) is 31.0 Å². The third-order valence-electron chi connectivity index (χ3n) is 5.15. The summed E-state index contributed by atoms with van der Waals surface area (Å²) in [6, 6.07) is 3.30. The Bertz CT molecular complexity index is 903. The predicted molar refractivity (Wildman–Crippen MR) is 133 cm³/mol. The van der Waals surface area contributed by atoms with E-state index in [-0.39, 0.29) is 49.1 Å². The zero-order valence-electron chi connectivity index (χ0n) is 22.4. The van der Waals surface area contributed by atoms with Crippen LogP contribution in [0.15, 0.2) is 18.2 Å². The number of carbonyl (C=O) groups is 4. The first-order valence-electron chi connectivity index (χ1n) is 12.5. The Morgan fingerprint density at radius 3 is 1.92 bits per heavy atom. The van der Waals surface area contributed by atoms with Crippen LogP contribution in [0.5, 0.6) is 11.5 Å². The Morgan fingerprint density at radius 2 is 1.38 bits per heavy atom. The molecule has 0 aliphatic rings. The van der Waals surface area contributed by atoms with Gasteiger partial charge in [0.25, 0.3) is 0 Å². The lowest BCUT2D eigenvalue weighted by molar-refractivity contribution is -0.159. The van der Waals surface area contributed by atoms with Gasteiger partial charge in [0.2, 0.25) is 0 Å². The molecule has 11 nitrogen and oxygen atoms in total. The Balaban J connectivity index is 2.92. The summed E-state index contributed by atoms with van der Waals surface area (Å²) in [6.07, 6.45) is -1.25. The highest BCUT2D eigenvalue weighted by molar-refractivity contribution is 5.76. The van der Waals surface area contributed by atoms with Crippen LogP contribution in [0, 0.1) is 0 Å². The molecule has 0 spiro atoms. The van der Waals surface area contributed by atoms with Crippen LogP contribution >= 0.6 is 0 Å². The number of hydrogen-bond acceptors (Lipinski definition) is 11. The van der Waals surface area contributed by atoms with Crippen molar-refractivity contribution in [3.05, 3.63) is 23.8 Å². The molecule has 208 valence electrons. The molecule has 0 heterocycles. The third-order valence-corrected chi connectivity index (χ3v) is 5.15. The van der Waals surface area contributed by atoms with Crippen molar-refractivity contribution in [1.29, 1.82) is 0 Å². The van der Waals surface area contributed by atoms with E-state index in [1.54, 1.807) is 26.8 Å². The summed E-state index contributed by atoms with van der Waals surface area (Å²) in [4.78, 5) is 48.2. The number of ether oxygens (including phenoxy) is 6. The SMILES string of the molecule is CCCC(=O)OC[C@H](C)OC(=O)[C@@H](N)Cc1ccc(OC(=O)OC(C)CC)c(OC(=O)OC(C)CC)c1. The van der Waals surface area contributed by atoms with Gasteiger partial charge >= 0.3 is 24.2 Å². The van der Waals surface area contributed by atoms with Crippen molar-refractivity contribution < 1.29 is 47.6 Å². The quantitative estimate of drug-likeness (QED) is 0.208. The summed E-state index contributed by atoms with van der Waals surface area (Å²) in [6.45, 7) is 10.5. The first-order valence-corrected chi connectivity index (χ1v) is 12.5. The number of hydrogen-bond donors (Lipinski definition) is 1.